The zero-order chi connectivity index (χ0) is 17.9. The van der Waals surface area contributed by atoms with Crippen molar-refractivity contribution in [3.8, 4) is 0 Å². The first-order chi connectivity index (χ1) is 11.2. The first-order valence-corrected chi connectivity index (χ1v) is 9.12. The quantitative estimate of drug-likeness (QED) is 0.874. The third kappa shape index (κ3) is 4.21. The molecule has 0 aliphatic heterocycles. The molecule has 0 bridgehead atoms. The fourth-order valence-corrected chi connectivity index (χ4v) is 3.74. The molecule has 2 rings (SSSR count). The van der Waals surface area contributed by atoms with Gasteiger partial charge in [0.15, 0.2) is 0 Å². The van der Waals surface area contributed by atoms with E-state index in [-0.39, 0.29) is 11.4 Å². The molecule has 2 N–H and O–H groups in total. The Hall–Kier alpha value is -2.18. The fourth-order valence-electron chi connectivity index (χ4n) is 2.53. The summed E-state index contributed by atoms with van der Waals surface area (Å²) in [7, 11) is -3.73. The Morgan fingerprint density at radius 3 is 2.17 bits per heavy atom. The number of hydrogen-bond donors (Lipinski definition) is 2. The number of nitrogens with one attached hydrogen (secondary N) is 2. The van der Waals surface area contributed by atoms with E-state index in [1.165, 1.54) is 0 Å². The Morgan fingerprint density at radius 1 is 0.958 bits per heavy atom. The number of benzene rings is 2. The molecule has 0 spiro atoms. The molecular weight excluding hydrogens is 324 g/mol. The van der Waals surface area contributed by atoms with Crippen molar-refractivity contribution in [2.45, 2.75) is 32.6 Å². The van der Waals surface area contributed by atoms with Crippen molar-refractivity contribution in [1.82, 2.24) is 4.72 Å². The Balaban J connectivity index is 2.08. The molecule has 0 saturated heterocycles. The van der Waals surface area contributed by atoms with Gasteiger partial charge in [-0.2, -0.15) is 0 Å². The van der Waals surface area contributed by atoms with Crippen LogP contribution >= 0.6 is 0 Å². The van der Waals surface area contributed by atoms with Gasteiger partial charge in [-0.1, -0.05) is 35.9 Å². The summed E-state index contributed by atoms with van der Waals surface area (Å²) in [6, 6.07) is 10.8. The maximum atomic E-state index is 12.4. The van der Waals surface area contributed by atoms with E-state index in [1.54, 1.807) is 25.1 Å². The number of amides is 1. The Kier molecular flexibility index (Phi) is 5.41. The van der Waals surface area contributed by atoms with E-state index >= 15 is 0 Å². The van der Waals surface area contributed by atoms with Crippen molar-refractivity contribution in [3.63, 3.8) is 0 Å². The molecule has 5 nitrogen and oxygen atoms in total. The molecule has 0 aromatic heterocycles. The lowest BCUT2D eigenvalue weighted by Gasteiger charge is -2.13. The third-order valence-electron chi connectivity index (χ3n) is 3.79. The van der Waals surface area contributed by atoms with Crippen molar-refractivity contribution in [2.75, 3.05) is 11.9 Å². The normalized spacial score (nSPS) is 11.3. The van der Waals surface area contributed by atoms with Crippen molar-refractivity contribution in [3.05, 3.63) is 58.7 Å². The minimum absolute atomic E-state index is 0.188. The molecule has 6 heteroatoms. The molecular formula is C18H22N2O3S. The summed E-state index contributed by atoms with van der Waals surface area (Å²) < 4.78 is 27.1. The molecule has 0 unspecified atom stereocenters. The zero-order valence-electron chi connectivity index (χ0n) is 14.3. The maximum Gasteiger partial charge on any atom is 0.241 e. The van der Waals surface area contributed by atoms with Crippen molar-refractivity contribution in [2.24, 2.45) is 0 Å². The summed E-state index contributed by atoms with van der Waals surface area (Å²) in [5.41, 5.74) is 4.21. The highest BCUT2D eigenvalue weighted by Crippen LogP contribution is 2.19. The fraction of sp³-hybridized carbons (Fsp3) is 0.278. The lowest BCUT2D eigenvalue weighted by atomic mass is 10.1. The second-order valence-corrected chi connectivity index (χ2v) is 7.64. The Bertz CT molecular complexity index is 854. The smallest absolute Gasteiger partial charge is 0.241 e. The highest BCUT2D eigenvalue weighted by atomic mass is 32.2. The Morgan fingerprint density at radius 2 is 1.58 bits per heavy atom. The average Bonchev–Trinajstić information content (AvgIpc) is 2.49. The van der Waals surface area contributed by atoms with Crippen LogP contribution in [0.3, 0.4) is 0 Å². The van der Waals surface area contributed by atoms with Gasteiger partial charge in [-0.3, -0.25) is 4.79 Å². The SMILES string of the molecule is Cc1ccc(S(=O)(=O)NCC(=O)Nc2c(C)cccc2C)c(C)c1. The lowest BCUT2D eigenvalue weighted by Crippen LogP contribution is -2.33. The number of rotatable bonds is 5. The van der Waals surface area contributed by atoms with Crippen molar-refractivity contribution < 1.29 is 13.2 Å². The summed E-state index contributed by atoms with van der Waals surface area (Å²) in [6.45, 7) is 7.10. The minimum Gasteiger partial charge on any atom is -0.324 e. The first kappa shape index (κ1) is 18.2. The largest absolute Gasteiger partial charge is 0.324 e. The summed E-state index contributed by atoms with van der Waals surface area (Å²) in [5, 5.41) is 2.76. The third-order valence-corrected chi connectivity index (χ3v) is 5.35. The van der Waals surface area contributed by atoms with E-state index in [4.69, 9.17) is 0 Å². The van der Waals surface area contributed by atoms with Gasteiger partial charge < -0.3 is 5.32 Å². The monoisotopic (exact) mass is 346 g/mol. The summed E-state index contributed by atoms with van der Waals surface area (Å²) in [4.78, 5) is 12.3. The van der Waals surface area contributed by atoms with Gasteiger partial charge in [0.1, 0.15) is 0 Å². The van der Waals surface area contributed by atoms with E-state index in [0.29, 0.717) is 11.3 Å². The van der Waals surface area contributed by atoms with E-state index in [1.807, 2.05) is 39.0 Å². The predicted molar refractivity (Wildman–Crippen MR) is 95.7 cm³/mol. The van der Waals surface area contributed by atoms with Crippen LogP contribution in [0.4, 0.5) is 5.69 Å². The van der Waals surface area contributed by atoms with E-state index in [0.717, 1.165) is 16.7 Å². The van der Waals surface area contributed by atoms with Gasteiger partial charge in [0.2, 0.25) is 15.9 Å². The van der Waals surface area contributed by atoms with Gasteiger partial charge in [-0.15, -0.1) is 0 Å². The van der Waals surface area contributed by atoms with Crippen LogP contribution in [0, 0.1) is 27.7 Å². The second kappa shape index (κ2) is 7.15. The number of carbonyl (C=O) groups excluding carboxylic acids is 1. The topological polar surface area (TPSA) is 75.3 Å². The number of sulfonamides is 1. The van der Waals surface area contributed by atoms with Gasteiger partial charge in [-0.05, 0) is 50.5 Å². The Labute approximate surface area is 143 Å². The number of para-hydroxylation sites is 1. The van der Waals surface area contributed by atoms with Crippen molar-refractivity contribution in [1.29, 1.82) is 0 Å². The average molecular weight is 346 g/mol. The first-order valence-electron chi connectivity index (χ1n) is 7.63. The highest BCUT2D eigenvalue weighted by molar-refractivity contribution is 7.89. The minimum atomic E-state index is -3.73. The molecule has 2 aromatic rings. The molecule has 0 aliphatic rings. The molecule has 24 heavy (non-hydrogen) atoms. The maximum absolute atomic E-state index is 12.4. The summed E-state index contributed by atoms with van der Waals surface area (Å²) in [6.07, 6.45) is 0. The van der Waals surface area contributed by atoms with Crippen LogP contribution in [0.25, 0.3) is 0 Å². The predicted octanol–water partition coefficient (Wildman–Crippen LogP) is 2.84. The second-order valence-electron chi connectivity index (χ2n) is 5.91. The molecule has 0 radical (unpaired) electrons. The van der Waals surface area contributed by atoms with Crippen LogP contribution in [-0.2, 0) is 14.8 Å². The molecule has 2 aromatic carbocycles. The molecule has 0 saturated carbocycles. The van der Waals surface area contributed by atoms with Gasteiger partial charge in [-0.25, -0.2) is 13.1 Å². The summed E-state index contributed by atoms with van der Waals surface area (Å²) >= 11 is 0. The standard InChI is InChI=1S/C18H22N2O3S/c1-12-8-9-16(15(4)10-12)24(22,23)19-11-17(21)20-18-13(2)6-5-7-14(18)3/h5-10,19H,11H2,1-4H3,(H,20,21). The van der Waals surface area contributed by atoms with Gasteiger partial charge in [0.05, 0.1) is 11.4 Å². The van der Waals surface area contributed by atoms with Crippen LogP contribution in [0.15, 0.2) is 41.3 Å². The molecule has 0 atom stereocenters. The van der Waals surface area contributed by atoms with Crippen LogP contribution in [0.5, 0.6) is 0 Å². The number of carbonyl (C=O) groups is 1. The molecule has 0 heterocycles. The summed E-state index contributed by atoms with van der Waals surface area (Å²) in [5.74, 6) is -0.402. The van der Waals surface area contributed by atoms with Crippen LogP contribution < -0.4 is 10.0 Å². The van der Waals surface area contributed by atoms with Gasteiger partial charge in [0.25, 0.3) is 0 Å². The number of aryl methyl sites for hydroxylation is 4. The number of anilines is 1. The molecule has 0 aliphatic carbocycles. The van der Waals surface area contributed by atoms with E-state index in [2.05, 4.69) is 10.0 Å². The highest BCUT2D eigenvalue weighted by Gasteiger charge is 2.18. The molecule has 1 amide bonds. The molecule has 0 fully saturated rings. The lowest BCUT2D eigenvalue weighted by molar-refractivity contribution is -0.115. The number of hydrogen-bond acceptors (Lipinski definition) is 3. The zero-order valence-corrected chi connectivity index (χ0v) is 15.1. The van der Waals surface area contributed by atoms with Crippen molar-refractivity contribution >= 4 is 21.6 Å². The van der Waals surface area contributed by atoms with Crippen LogP contribution in [0.2, 0.25) is 0 Å². The van der Waals surface area contributed by atoms with Crippen LogP contribution in [0.1, 0.15) is 22.3 Å². The van der Waals surface area contributed by atoms with Gasteiger partial charge >= 0.3 is 0 Å². The van der Waals surface area contributed by atoms with E-state index in [9.17, 15) is 13.2 Å². The van der Waals surface area contributed by atoms with Crippen LogP contribution in [-0.4, -0.2) is 20.9 Å². The van der Waals surface area contributed by atoms with E-state index < -0.39 is 15.9 Å². The van der Waals surface area contributed by atoms with Gasteiger partial charge in [0, 0.05) is 5.69 Å². The molecule has 128 valence electrons.